The second-order valence-corrected chi connectivity index (χ2v) is 7.90. The maximum atomic E-state index is 10.6. The predicted molar refractivity (Wildman–Crippen MR) is 92.0 cm³/mol. The van der Waals surface area contributed by atoms with E-state index in [0.717, 1.165) is 24.4 Å². The molecule has 0 aromatic heterocycles. The van der Waals surface area contributed by atoms with Gasteiger partial charge in [-0.25, -0.2) is 0 Å². The zero-order valence-electron chi connectivity index (χ0n) is 14.3. The fourth-order valence-corrected chi connectivity index (χ4v) is 4.29. The molecule has 0 amide bonds. The van der Waals surface area contributed by atoms with Crippen molar-refractivity contribution in [1.29, 1.82) is 0 Å². The van der Waals surface area contributed by atoms with E-state index in [2.05, 4.69) is 4.90 Å². The van der Waals surface area contributed by atoms with Gasteiger partial charge in [-0.15, -0.1) is 0 Å². The maximum Gasteiger partial charge on any atom is 0.231 e. The molecule has 0 unspecified atom stereocenters. The molecule has 2 fully saturated rings. The Kier molecular flexibility index (Phi) is 4.37. The van der Waals surface area contributed by atoms with Gasteiger partial charge in [0.25, 0.3) is 0 Å². The van der Waals surface area contributed by atoms with Crippen LogP contribution >= 0.6 is 11.6 Å². The van der Waals surface area contributed by atoms with Crippen LogP contribution in [0.3, 0.4) is 0 Å². The Morgan fingerprint density at radius 3 is 2.60 bits per heavy atom. The van der Waals surface area contributed by atoms with Crippen LogP contribution in [0.15, 0.2) is 12.1 Å². The summed E-state index contributed by atoms with van der Waals surface area (Å²) in [5.41, 5.74) is -0.725. The molecule has 0 aliphatic carbocycles. The van der Waals surface area contributed by atoms with Crippen molar-refractivity contribution in [1.82, 2.24) is 4.90 Å². The van der Waals surface area contributed by atoms with Crippen LogP contribution < -0.4 is 9.47 Å². The molecule has 138 valence electrons. The van der Waals surface area contributed by atoms with Crippen molar-refractivity contribution in [3.63, 3.8) is 0 Å². The molecule has 6 nitrogen and oxygen atoms in total. The molecule has 25 heavy (non-hydrogen) atoms. The standard InChI is InChI=1S/C18H24ClNO5/c1-17(22)4-7-25-18(16(17)21)2-5-20(6-3-18)10-12-8-14-15(9-13(12)19)24-11-23-14/h8-9,16,21-22H,2-7,10-11H2,1H3/t16-,17+/m0/s1. The molecule has 0 saturated carbocycles. The van der Waals surface area contributed by atoms with E-state index in [9.17, 15) is 10.2 Å². The molecule has 3 aliphatic heterocycles. The average molecular weight is 370 g/mol. The van der Waals surface area contributed by atoms with Gasteiger partial charge in [-0.05, 0) is 31.4 Å². The number of likely N-dealkylation sites (tertiary alicyclic amines) is 1. The average Bonchev–Trinajstić information content (AvgIpc) is 3.02. The molecule has 2 N–H and O–H groups in total. The van der Waals surface area contributed by atoms with Crippen molar-refractivity contribution >= 4 is 11.6 Å². The lowest BCUT2D eigenvalue weighted by atomic mass is 9.75. The number of halogens is 1. The first-order valence-corrected chi connectivity index (χ1v) is 9.12. The summed E-state index contributed by atoms with van der Waals surface area (Å²) in [6.45, 7) is 4.67. The Morgan fingerprint density at radius 2 is 1.88 bits per heavy atom. The van der Waals surface area contributed by atoms with Crippen molar-refractivity contribution in [2.75, 3.05) is 26.5 Å². The van der Waals surface area contributed by atoms with Crippen LogP contribution in [-0.4, -0.2) is 58.9 Å². The molecule has 1 spiro atoms. The normalized spacial score (nSPS) is 31.4. The quantitative estimate of drug-likeness (QED) is 0.830. The van der Waals surface area contributed by atoms with Crippen LogP contribution in [0, 0.1) is 0 Å². The largest absolute Gasteiger partial charge is 0.454 e. The number of fused-ring (bicyclic) bond motifs is 1. The molecule has 4 rings (SSSR count). The Hall–Kier alpha value is -1.05. The van der Waals surface area contributed by atoms with Gasteiger partial charge in [0, 0.05) is 37.1 Å². The number of piperidine rings is 1. The third-order valence-corrected chi connectivity index (χ3v) is 6.07. The summed E-state index contributed by atoms with van der Waals surface area (Å²) in [6, 6.07) is 3.74. The second-order valence-electron chi connectivity index (χ2n) is 7.50. The number of rotatable bonds is 2. The minimum atomic E-state index is -1.08. The van der Waals surface area contributed by atoms with E-state index < -0.39 is 17.3 Å². The minimum Gasteiger partial charge on any atom is -0.454 e. The fourth-order valence-electron chi connectivity index (χ4n) is 4.07. The lowest BCUT2D eigenvalue weighted by Crippen LogP contribution is -2.64. The van der Waals surface area contributed by atoms with Gasteiger partial charge < -0.3 is 24.4 Å². The van der Waals surface area contributed by atoms with E-state index in [4.69, 9.17) is 25.8 Å². The summed E-state index contributed by atoms with van der Waals surface area (Å²) < 4.78 is 16.7. The van der Waals surface area contributed by atoms with E-state index in [0.29, 0.717) is 43.2 Å². The molecule has 0 bridgehead atoms. The summed E-state index contributed by atoms with van der Waals surface area (Å²) in [5, 5.41) is 21.7. The van der Waals surface area contributed by atoms with Gasteiger partial charge in [0.1, 0.15) is 6.10 Å². The molecule has 3 aliphatic rings. The third-order valence-electron chi connectivity index (χ3n) is 5.72. The first kappa shape index (κ1) is 17.4. The Balaban J connectivity index is 1.43. The maximum absolute atomic E-state index is 10.6. The third kappa shape index (κ3) is 3.11. The van der Waals surface area contributed by atoms with Crippen LogP contribution in [0.5, 0.6) is 11.5 Å². The number of benzene rings is 1. The first-order chi connectivity index (χ1) is 11.9. The highest BCUT2D eigenvalue weighted by Crippen LogP contribution is 2.41. The SMILES string of the molecule is C[C@@]1(O)CCOC2(CCN(Cc3cc4c(cc3Cl)OCO4)CC2)[C@H]1O. The second kappa shape index (κ2) is 6.28. The highest BCUT2D eigenvalue weighted by atomic mass is 35.5. The highest BCUT2D eigenvalue weighted by Gasteiger charge is 2.52. The van der Waals surface area contributed by atoms with Crippen molar-refractivity contribution in [3.8, 4) is 11.5 Å². The monoisotopic (exact) mass is 369 g/mol. The minimum absolute atomic E-state index is 0.233. The highest BCUT2D eigenvalue weighted by molar-refractivity contribution is 6.31. The van der Waals surface area contributed by atoms with Gasteiger partial charge in [0.15, 0.2) is 11.5 Å². The van der Waals surface area contributed by atoms with E-state index in [-0.39, 0.29) is 6.79 Å². The van der Waals surface area contributed by atoms with E-state index in [1.54, 1.807) is 13.0 Å². The summed E-state index contributed by atoms with van der Waals surface area (Å²) in [4.78, 5) is 2.29. The lowest BCUT2D eigenvalue weighted by molar-refractivity contribution is -0.246. The van der Waals surface area contributed by atoms with E-state index in [1.165, 1.54) is 0 Å². The first-order valence-electron chi connectivity index (χ1n) is 8.74. The van der Waals surface area contributed by atoms with E-state index in [1.807, 2.05) is 6.07 Å². The van der Waals surface area contributed by atoms with Gasteiger partial charge in [0.05, 0.1) is 17.8 Å². The number of hydrogen-bond acceptors (Lipinski definition) is 6. The molecular weight excluding hydrogens is 346 g/mol. The van der Waals surface area contributed by atoms with E-state index >= 15 is 0 Å². The number of aliphatic hydroxyl groups excluding tert-OH is 1. The number of aliphatic hydroxyl groups is 2. The van der Waals surface area contributed by atoms with Gasteiger partial charge >= 0.3 is 0 Å². The van der Waals surface area contributed by atoms with Gasteiger partial charge in [-0.2, -0.15) is 0 Å². The molecule has 1 aromatic rings. The molecule has 2 atom stereocenters. The Labute approximate surface area is 152 Å². The van der Waals surface area contributed by atoms with Crippen molar-refractivity contribution in [2.45, 2.75) is 50.0 Å². The summed E-state index contributed by atoms with van der Waals surface area (Å²) in [6.07, 6.45) is 0.982. The summed E-state index contributed by atoms with van der Waals surface area (Å²) in [7, 11) is 0. The van der Waals surface area contributed by atoms with Crippen LogP contribution in [0.2, 0.25) is 5.02 Å². The molecular formula is C18H24ClNO5. The number of hydrogen-bond donors (Lipinski definition) is 2. The molecule has 3 heterocycles. The summed E-state index contributed by atoms with van der Waals surface area (Å²) in [5.74, 6) is 1.42. The zero-order chi connectivity index (χ0) is 17.7. The van der Waals surface area contributed by atoms with Crippen LogP contribution in [0.4, 0.5) is 0 Å². The van der Waals surface area contributed by atoms with Crippen LogP contribution in [-0.2, 0) is 11.3 Å². The van der Waals surface area contributed by atoms with Gasteiger partial charge in [-0.1, -0.05) is 11.6 Å². The topological polar surface area (TPSA) is 71.4 Å². The predicted octanol–water partition coefficient (Wildman–Crippen LogP) is 1.94. The van der Waals surface area contributed by atoms with Gasteiger partial charge in [0.2, 0.25) is 6.79 Å². The molecule has 7 heteroatoms. The zero-order valence-corrected chi connectivity index (χ0v) is 15.1. The number of nitrogens with zero attached hydrogens (tertiary/aromatic N) is 1. The Bertz CT molecular complexity index is 657. The molecule has 2 saturated heterocycles. The summed E-state index contributed by atoms with van der Waals surface area (Å²) >= 11 is 6.37. The fraction of sp³-hybridized carbons (Fsp3) is 0.667. The molecule has 1 aromatic carbocycles. The van der Waals surface area contributed by atoms with Crippen molar-refractivity contribution < 1.29 is 24.4 Å². The van der Waals surface area contributed by atoms with Gasteiger partial charge in [-0.3, -0.25) is 4.90 Å². The van der Waals surface area contributed by atoms with Crippen molar-refractivity contribution in [2.24, 2.45) is 0 Å². The van der Waals surface area contributed by atoms with Crippen molar-refractivity contribution in [3.05, 3.63) is 22.7 Å². The Morgan fingerprint density at radius 1 is 1.20 bits per heavy atom. The lowest BCUT2D eigenvalue weighted by Gasteiger charge is -2.51. The molecule has 0 radical (unpaired) electrons. The van der Waals surface area contributed by atoms with Crippen LogP contribution in [0.25, 0.3) is 0 Å². The smallest absolute Gasteiger partial charge is 0.231 e. The number of ether oxygens (including phenoxy) is 3. The van der Waals surface area contributed by atoms with Crippen LogP contribution in [0.1, 0.15) is 31.7 Å².